The molecule has 2 heterocycles. The SMILES string of the molecule is C[C@@H](NC(=O)Cn1ccc(=O)n(C)c1=O)c1ccc2c(c1)CC(=O)N2. The maximum atomic E-state index is 12.2. The van der Waals surface area contributed by atoms with Crippen LogP contribution in [0.4, 0.5) is 5.69 Å². The maximum absolute atomic E-state index is 12.2. The van der Waals surface area contributed by atoms with Crippen LogP contribution >= 0.6 is 0 Å². The van der Waals surface area contributed by atoms with E-state index in [1.54, 1.807) is 0 Å². The molecule has 2 amide bonds. The summed E-state index contributed by atoms with van der Waals surface area (Å²) in [6, 6.07) is 6.50. The van der Waals surface area contributed by atoms with Crippen molar-refractivity contribution < 1.29 is 9.59 Å². The summed E-state index contributed by atoms with van der Waals surface area (Å²) in [6.07, 6.45) is 1.64. The predicted octanol–water partition coefficient (Wildman–Crippen LogP) is -0.0810. The van der Waals surface area contributed by atoms with Crippen molar-refractivity contribution in [2.45, 2.75) is 25.9 Å². The number of nitrogens with one attached hydrogen (secondary N) is 2. The molecule has 0 fully saturated rings. The molecule has 1 aromatic heterocycles. The Balaban J connectivity index is 1.70. The highest BCUT2D eigenvalue weighted by Gasteiger charge is 2.19. The Morgan fingerprint density at radius 1 is 1.28 bits per heavy atom. The highest BCUT2D eigenvalue weighted by atomic mass is 16.2. The van der Waals surface area contributed by atoms with Crippen LogP contribution in [0.1, 0.15) is 24.1 Å². The second-order valence-electron chi connectivity index (χ2n) is 6.05. The molecule has 1 aliphatic rings. The molecule has 1 aromatic carbocycles. The van der Waals surface area contributed by atoms with E-state index in [1.807, 2.05) is 25.1 Å². The molecule has 0 saturated heterocycles. The molecule has 1 aliphatic heterocycles. The lowest BCUT2D eigenvalue weighted by atomic mass is 10.0. The van der Waals surface area contributed by atoms with Gasteiger partial charge in [-0.1, -0.05) is 12.1 Å². The molecular weight excluding hydrogens is 324 g/mol. The van der Waals surface area contributed by atoms with Gasteiger partial charge in [-0.15, -0.1) is 0 Å². The molecule has 1 atom stereocenters. The highest BCUT2D eigenvalue weighted by Crippen LogP contribution is 2.26. The number of amides is 2. The van der Waals surface area contributed by atoms with Crippen molar-refractivity contribution >= 4 is 17.5 Å². The van der Waals surface area contributed by atoms with Crippen molar-refractivity contribution in [3.8, 4) is 0 Å². The molecule has 2 N–H and O–H groups in total. The van der Waals surface area contributed by atoms with Crippen LogP contribution in [0.3, 0.4) is 0 Å². The normalized spacial score (nSPS) is 13.9. The fourth-order valence-electron chi connectivity index (χ4n) is 2.78. The minimum Gasteiger partial charge on any atom is -0.348 e. The number of fused-ring (bicyclic) bond motifs is 1. The molecule has 0 saturated carbocycles. The van der Waals surface area contributed by atoms with Crippen LogP contribution in [0.2, 0.25) is 0 Å². The van der Waals surface area contributed by atoms with Gasteiger partial charge >= 0.3 is 5.69 Å². The highest BCUT2D eigenvalue weighted by molar-refractivity contribution is 5.99. The zero-order valence-electron chi connectivity index (χ0n) is 13.9. The Morgan fingerprint density at radius 3 is 2.80 bits per heavy atom. The van der Waals surface area contributed by atoms with Crippen molar-refractivity contribution in [3.05, 3.63) is 62.4 Å². The lowest BCUT2D eigenvalue weighted by Crippen LogP contribution is -2.40. The molecule has 0 aliphatic carbocycles. The molecule has 25 heavy (non-hydrogen) atoms. The predicted molar refractivity (Wildman–Crippen MR) is 91.3 cm³/mol. The largest absolute Gasteiger partial charge is 0.348 e. The summed E-state index contributed by atoms with van der Waals surface area (Å²) in [7, 11) is 1.36. The third kappa shape index (κ3) is 3.37. The Morgan fingerprint density at radius 2 is 2.04 bits per heavy atom. The zero-order chi connectivity index (χ0) is 18.1. The number of aromatic nitrogens is 2. The van der Waals surface area contributed by atoms with Gasteiger partial charge in [-0.05, 0) is 24.1 Å². The van der Waals surface area contributed by atoms with Crippen molar-refractivity contribution in [2.75, 3.05) is 5.32 Å². The van der Waals surface area contributed by atoms with Crippen LogP contribution < -0.4 is 21.9 Å². The van der Waals surface area contributed by atoms with Gasteiger partial charge in [0.2, 0.25) is 11.8 Å². The van der Waals surface area contributed by atoms with Crippen LogP contribution in [0.15, 0.2) is 40.1 Å². The average molecular weight is 342 g/mol. The Kier molecular flexibility index (Phi) is 4.26. The number of benzene rings is 1. The topological polar surface area (TPSA) is 102 Å². The molecular formula is C17H18N4O4. The summed E-state index contributed by atoms with van der Waals surface area (Å²) in [5.74, 6) is -0.388. The molecule has 0 bridgehead atoms. The summed E-state index contributed by atoms with van der Waals surface area (Å²) in [4.78, 5) is 46.9. The van der Waals surface area contributed by atoms with Crippen LogP contribution in [-0.4, -0.2) is 20.9 Å². The molecule has 8 nitrogen and oxygen atoms in total. The van der Waals surface area contributed by atoms with Gasteiger partial charge in [0, 0.05) is 25.0 Å². The second-order valence-corrected chi connectivity index (χ2v) is 6.05. The quantitative estimate of drug-likeness (QED) is 0.811. The van der Waals surface area contributed by atoms with Gasteiger partial charge in [-0.2, -0.15) is 0 Å². The summed E-state index contributed by atoms with van der Waals surface area (Å²) < 4.78 is 2.12. The number of hydrogen-bond acceptors (Lipinski definition) is 4. The number of hydrogen-bond donors (Lipinski definition) is 2. The number of rotatable bonds is 4. The Bertz CT molecular complexity index is 973. The summed E-state index contributed by atoms with van der Waals surface area (Å²) in [5, 5.41) is 5.58. The van der Waals surface area contributed by atoms with E-state index in [-0.39, 0.29) is 24.4 Å². The zero-order valence-corrected chi connectivity index (χ0v) is 13.9. The number of nitrogens with zero attached hydrogens (tertiary/aromatic N) is 2. The monoisotopic (exact) mass is 342 g/mol. The van der Waals surface area contributed by atoms with E-state index in [9.17, 15) is 19.2 Å². The van der Waals surface area contributed by atoms with Gasteiger partial charge in [-0.3, -0.25) is 23.5 Å². The van der Waals surface area contributed by atoms with Crippen LogP contribution in [0.25, 0.3) is 0 Å². The first kappa shape index (κ1) is 16.7. The van der Waals surface area contributed by atoms with Crippen LogP contribution in [0, 0.1) is 0 Å². The third-order valence-corrected chi connectivity index (χ3v) is 4.21. The first-order valence-corrected chi connectivity index (χ1v) is 7.83. The van der Waals surface area contributed by atoms with E-state index >= 15 is 0 Å². The van der Waals surface area contributed by atoms with E-state index in [0.29, 0.717) is 6.42 Å². The van der Waals surface area contributed by atoms with E-state index in [4.69, 9.17) is 0 Å². The van der Waals surface area contributed by atoms with Crippen LogP contribution in [0.5, 0.6) is 0 Å². The molecule has 0 spiro atoms. The van der Waals surface area contributed by atoms with E-state index in [2.05, 4.69) is 10.6 Å². The van der Waals surface area contributed by atoms with E-state index < -0.39 is 11.2 Å². The van der Waals surface area contributed by atoms with Crippen molar-refractivity contribution in [1.82, 2.24) is 14.5 Å². The molecule has 130 valence electrons. The summed E-state index contributed by atoms with van der Waals surface area (Å²) >= 11 is 0. The Labute approximate surface area is 143 Å². The Hall–Kier alpha value is -3.16. The molecule has 8 heteroatoms. The second kappa shape index (κ2) is 6.39. The van der Waals surface area contributed by atoms with Gasteiger partial charge in [0.1, 0.15) is 6.54 Å². The number of carbonyl (C=O) groups is 2. The number of anilines is 1. The molecule has 0 unspecified atom stereocenters. The van der Waals surface area contributed by atoms with Crippen LogP contribution in [-0.2, 0) is 29.6 Å². The lowest BCUT2D eigenvalue weighted by molar-refractivity contribution is -0.122. The molecule has 0 radical (unpaired) electrons. The van der Waals surface area contributed by atoms with Gasteiger partial charge in [-0.25, -0.2) is 4.79 Å². The van der Waals surface area contributed by atoms with Gasteiger partial charge in [0.15, 0.2) is 0 Å². The minimum atomic E-state index is -0.544. The minimum absolute atomic E-state index is 0.0436. The van der Waals surface area contributed by atoms with Gasteiger partial charge in [0.05, 0.1) is 12.5 Å². The van der Waals surface area contributed by atoms with E-state index in [1.165, 1.54) is 23.9 Å². The standard InChI is InChI=1S/C17H18N4O4/c1-10(11-3-4-13-12(7-11)8-14(22)19-13)18-15(23)9-21-6-5-16(24)20(2)17(21)25/h3-7,10H,8-9H2,1-2H3,(H,18,23)(H,19,22)/t10-/m1/s1. The van der Waals surface area contributed by atoms with E-state index in [0.717, 1.165) is 21.4 Å². The summed E-state index contributed by atoms with van der Waals surface area (Å²) in [5.41, 5.74) is 1.60. The molecule has 3 rings (SSSR count). The van der Waals surface area contributed by atoms with Crippen molar-refractivity contribution in [3.63, 3.8) is 0 Å². The first-order valence-electron chi connectivity index (χ1n) is 7.83. The first-order chi connectivity index (χ1) is 11.8. The lowest BCUT2D eigenvalue weighted by Gasteiger charge is -2.16. The number of carbonyl (C=O) groups excluding carboxylic acids is 2. The maximum Gasteiger partial charge on any atom is 0.331 e. The van der Waals surface area contributed by atoms with Crippen molar-refractivity contribution in [2.24, 2.45) is 7.05 Å². The molecule has 2 aromatic rings. The van der Waals surface area contributed by atoms with Gasteiger partial charge < -0.3 is 10.6 Å². The fraction of sp³-hybridized carbons (Fsp3) is 0.294. The average Bonchev–Trinajstić information content (AvgIpc) is 2.94. The van der Waals surface area contributed by atoms with Gasteiger partial charge in [0.25, 0.3) is 5.56 Å². The smallest absolute Gasteiger partial charge is 0.331 e. The third-order valence-electron chi connectivity index (χ3n) is 4.21. The van der Waals surface area contributed by atoms with Crippen molar-refractivity contribution in [1.29, 1.82) is 0 Å². The summed E-state index contributed by atoms with van der Waals surface area (Å²) in [6.45, 7) is 1.65. The fourth-order valence-corrected chi connectivity index (χ4v) is 2.78.